The maximum absolute atomic E-state index is 4.40. The van der Waals surface area contributed by atoms with Crippen LogP contribution in [0, 0.1) is 6.92 Å². The van der Waals surface area contributed by atoms with Crippen molar-refractivity contribution in [2.24, 2.45) is 0 Å². The fourth-order valence-electron chi connectivity index (χ4n) is 1.79. The van der Waals surface area contributed by atoms with Crippen molar-refractivity contribution in [3.63, 3.8) is 0 Å². The van der Waals surface area contributed by atoms with Gasteiger partial charge in [-0.1, -0.05) is 47.7 Å². The van der Waals surface area contributed by atoms with E-state index in [1.807, 2.05) is 43.5 Å². The van der Waals surface area contributed by atoms with Gasteiger partial charge in [0.05, 0.1) is 4.88 Å². The zero-order valence-corrected chi connectivity index (χ0v) is 11.3. The van der Waals surface area contributed by atoms with Gasteiger partial charge in [-0.2, -0.15) is 0 Å². The van der Waals surface area contributed by atoms with Gasteiger partial charge in [-0.3, -0.25) is 0 Å². The van der Waals surface area contributed by atoms with E-state index < -0.39 is 0 Å². The number of hydrogen-bond acceptors (Lipinski definition) is 4. The molecule has 0 spiro atoms. The molecule has 0 saturated heterocycles. The molecular weight excluding hydrogens is 254 g/mol. The van der Waals surface area contributed by atoms with E-state index in [4.69, 9.17) is 0 Å². The summed E-state index contributed by atoms with van der Waals surface area (Å²) in [4.78, 5) is 9.86. The fraction of sp³-hybridized carbons (Fsp3) is 0.0667. The summed E-state index contributed by atoms with van der Waals surface area (Å²) in [5, 5.41) is 4.12. The molecule has 1 N–H and O–H groups in total. The van der Waals surface area contributed by atoms with E-state index in [1.165, 1.54) is 5.56 Å². The van der Waals surface area contributed by atoms with Gasteiger partial charge in [-0.25, -0.2) is 9.97 Å². The number of hydrogen-bond donors (Lipinski definition) is 1. The molecule has 3 nitrogen and oxygen atoms in total. The van der Waals surface area contributed by atoms with Crippen LogP contribution in [0.2, 0.25) is 0 Å². The molecule has 0 atom stereocenters. The van der Waals surface area contributed by atoms with Crippen molar-refractivity contribution in [1.29, 1.82) is 0 Å². The van der Waals surface area contributed by atoms with Crippen molar-refractivity contribution in [2.75, 3.05) is 5.32 Å². The van der Waals surface area contributed by atoms with Crippen molar-refractivity contribution in [3.8, 4) is 10.4 Å². The predicted molar refractivity (Wildman–Crippen MR) is 79.8 cm³/mol. The Morgan fingerprint density at radius 2 is 1.84 bits per heavy atom. The summed E-state index contributed by atoms with van der Waals surface area (Å²) in [6.07, 6.45) is 3.67. The van der Waals surface area contributed by atoms with E-state index in [0.29, 0.717) is 0 Å². The Hall–Kier alpha value is -2.20. The summed E-state index contributed by atoms with van der Waals surface area (Å²) in [5.41, 5.74) is 2.30. The highest BCUT2D eigenvalue weighted by atomic mass is 32.1. The van der Waals surface area contributed by atoms with Gasteiger partial charge >= 0.3 is 0 Å². The molecule has 0 aliphatic rings. The third kappa shape index (κ3) is 2.63. The van der Waals surface area contributed by atoms with Gasteiger partial charge in [-0.05, 0) is 24.1 Å². The lowest BCUT2D eigenvalue weighted by atomic mass is 10.2. The van der Waals surface area contributed by atoms with Gasteiger partial charge in [0.1, 0.15) is 5.82 Å². The third-order valence-corrected chi connectivity index (χ3v) is 3.76. The van der Waals surface area contributed by atoms with E-state index in [2.05, 4.69) is 27.4 Å². The van der Waals surface area contributed by atoms with Crippen molar-refractivity contribution >= 4 is 22.3 Å². The van der Waals surface area contributed by atoms with Crippen molar-refractivity contribution in [1.82, 2.24) is 9.97 Å². The molecule has 1 aromatic carbocycles. The Balaban J connectivity index is 1.85. The number of rotatable bonds is 3. The predicted octanol–water partition coefficient (Wildman–Crippen LogP) is 4.26. The van der Waals surface area contributed by atoms with E-state index >= 15 is 0 Å². The first-order valence-corrected chi connectivity index (χ1v) is 6.84. The largest absolute Gasteiger partial charge is 0.316 e. The Labute approximate surface area is 116 Å². The van der Waals surface area contributed by atoms with Crippen LogP contribution in [-0.4, -0.2) is 9.97 Å². The quantitative estimate of drug-likeness (QED) is 0.770. The summed E-state index contributed by atoms with van der Waals surface area (Å²) >= 11 is 1.63. The van der Waals surface area contributed by atoms with Crippen LogP contribution in [0.25, 0.3) is 10.4 Å². The standard InChI is InChI=1S/C15H13N3S/c1-11-6-5-9-16-14(11)18-15-17-10-13(19-15)12-7-3-2-4-8-12/h2-10H,1H3,(H,16,17,18). The molecule has 94 valence electrons. The first-order chi connectivity index (χ1) is 9.33. The third-order valence-electron chi connectivity index (χ3n) is 2.80. The lowest BCUT2D eigenvalue weighted by molar-refractivity contribution is 1.24. The molecule has 0 amide bonds. The second kappa shape index (κ2) is 5.20. The molecule has 0 aliphatic heterocycles. The van der Waals surface area contributed by atoms with Crippen LogP contribution in [-0.2, 0) is 0 Å². The molecule has 0 saturated carbocycles. The highest BCUT2D eigenvalue weighted by Gasteiger charge is 2.05. The molecule has 0 unspecified atom stereocenters. The van der Waals surface area contributed by atoms with Crippen LogP contribution in [0.3, 0.4) is 0 Å². The van der Waals surface area contributed by atoms with Crippen LogP contribution >= 0.6 is 11.3 Å². The van der Waals surface area contributed by atoms with E-state index in [0.717, 1.165) is 21.4 Å². The lowest BCUT2D eigenvalue weighted by Gasteiger charge is -2.03. The SMILES string of the molecule is Cc1cccnc1Nc1ncc(-c2ccccc2)s1. The normalized spacial score (nSPS) is 10.4. The Morgan fingerprint density at radius 3 is 2.63 bits per heavy atom. The number of thiazole rings is 1. The molecule has 0 radical (unpaired) electrons. The minimum atomic E-state index is 0.858. The fourth-order valence-corrected chi connectivity index (χ4v) is 2.61. The average molecular weight is 267 g/mol. The Bertz CT molecular complexity index is 677. The van der Waals surface area contributed by atoms with Gasteiger partial charge in [0, 0.05) is 12.4 Å². The number of aryl methyl sites for hydroxylation is 1. The molecule has 0 bridgehead atoms. The number of benzene rings is 1. The minimum absolute atomic E-state index is 0.858. The van der Waals surface area contributed by atoms with Crippen molar-refractivity contribution in [2.45, 2.75) is 6.92 Å². The highest BCUT2D eigenvalue weighted by Crippen LogP contribution is 2.30. The van der Waals surface area contributed by atoms with Gasteiger partial charge in [-0.15, -0.1) is 0 Å². The Kier molecular flexibility index (Phi) is 3.25. The lowest BCUT2D eigenvalue weighted by Crippen LogP contribution is -1.94. The number of nitrogens with one attached hydrogen (secondary N) is 1. The molecular formula is C15H13N3S. The van der Waals surface area contributed by atoms with Gasteiger partial charge in [0.15, 0.2) is 5.13 Å². The van der Waals surface area contributed by atoms with Crippen LogP contribution < -0.4 is 5.32 Å². The summed E-state index contributed by atoms with van der Waals surface area (Å²) in [6.45, 7) is 2.03. The van der Waals surface area contributed by atoms with E-state index in [1.54, 1.807) is 17.5 Å². The van der Waals surface area contributed by atoms with Crippen LogP contribution in [0.15, 0.2) is 54.9 Å². The van der Waals surface area contributed by atoms with Crippen LogP contribution in [0.4, 0.5) is 10.9 Å². The second-order valence-corrected chi connectivity index (χ2v) is 5.22. The summed E-state index contributed by atoms with van der Waals surface area (Å²) in [5.74, 6) is 0.858. The Morgan fingerprint density at radius 1 is 1.00 bits per heavy atom. The molecule has 4 heteroatoms. The number of anilines is 2. The number of pyridine rings is 1. The van der Waals surface area contributed by atoms with E-state index in [-0.39, 0.29) is 0 Å². The minimum Gasteiger partial charge on any atom is -0.316 e. The molecule has 2 heterocycles. The first kappa shape index (κ1) is 11.9. The maximum atomic E-state index is 4.40. The molecule has 3 rings (SSSR count). The zero-order valence-electron chi connectivity index (χ0n) is 10.5. The van der Waals surface area contributed by atoms with Crippen molar-refractivity contribution in [3.05, 3.63) is 60.4 Å². The second-order valence-electron chi connectivity index (χ2n) is 4.19. The van der Waals surface area contributed by atoms with Gasteiger partial charge in [0.25, 0.3) is 0 Å². The number of aromatic nitrogens is 2. The topological polar surface area (TPSA) is 37.8 Å². The smallest absolute Gasteiger partial charge is 0.188 e. The van der Waals surface area contributed by atoms with Crippen LogP contribution in [0.5, 0.6) is 0 Å². The molecule has 19 heavy (non-hydrogen) atoms. The van der Waals surface area contributed by atoms with Crippen LogP contribution in [0.1, 0.15) is 5.56 Å². The van der Waals surface area contributed by atoms with E-state index in [9.17, 15) is 0 Å². The average Bonchev–Trinajstić information content (AvgIpc) is 2.91. The zero-order chi connectivity index (χ0) is 13.1. The first-order valence-electron chi connectivity index (χ1n) is 6.03. The molecule has 2 aromatic heterocycles. The molecule has 0 aliphatic carbocycles. The molecule has 0 fully saturated rings. The maximum Gasteiger partial charge on any atom is 0.188 e. The summed E-state index contributed by atoms with van der Waals surface area (Å²) in [7, 11) is 0. The van der Waals surface area contributed by atoms with Gasteiger partial charge < -0.3 is 5.32 Å². The summed E-state index contributed by atoms with van der Waals surface area (Å²) < 4.78 is 0. The van der Waals surface area contributed by atoms with Crippen molar-refractivity contribution < 1.29 is 0 Å². The highest BCUT2D eigenvalue weighted by molar-refractivity contribution is 7.18. The number of nitrogens with zero attached hydrogens (tertiary/aromatic N) is 2. The summed E-state index contributed by atoms with van der Waals surface area (Å²) in [6, 6.07) is 14.2. The van der Waals surface area contributed by atoms with Gasteiger partial charge in [0.2, 0.25) is 0 Å². The monoisotopic (exact) mass is 267 g/mol. The molecule has 3 aromatic rings.